The van der Waals surface area contributed by atoms with Crippen LogP contribution in [0.2, 0.25) is 10.0 Å². The minimum Gasteiger partial charge on any atom is -0.508 e. The fraction of sp³-hybridized carbons (Fsp3) is 0.278. The van der Waals surface area contributed by atoms with Gasteiger partial charge in [-0.1, -0.05) is 35.3 Å². The Kier molecular flexibility index (Phi) is 6.93. The summed E-state index contributed by atoms with van der Waals surface area (Å²) in [6, 6.07) is 11.6. The number of halogens is 2. The van der Waals surface area contributed by atoms with Crippen LogP contribution in [-0.2, 0) is 6.54 Å². The van der Waals surface area contributed by atoms with Gasteiger partial charge in [-0.15, -0.1) is 0 Å². The lowest BCUT2D eigenvalue weighted by Crippen LogP contribution is -2.39. The van der Waals surface area contributed by atoms with Crippen molar-refractivity contribution in [3.05, 3.63) is 58.1 Å². The van der Waals surface area contributed by atoms with Crippen molar-refractivity contribution in [2.75, 3.05) is 32.5 Å². The summed E-state index contributed by atoms with van der Waals surface area (Å²) in [5.41, 5.74) is 1.42. The van der Waals surface area contributed by atoms with Gasteiger partial charge in [0.1, 0.15) is 5.75 Å². The molecule has 0 saturated carbocycles. The third-order valence-electron chi connectivity index (χ3n) is 3.56. The van der Waals surface area contributed by atoms with Crippen LogP contribution < -0.4 is 5.32 Å². The molecule has 2 aromatic carbocycles. The molecule has 2 aromatic rings. The van der Waals surface area contributed by atoms with Crippen molar-refractivity contribution in [2.45, 2.75) is 6.54 Å². The fourth-order valence-corrected chi connectivity index (χ4v) is 2.52. The Labute approximate surface area is 157 Å². The van der Waals surface area contributed by atoms with Gasteiger partial charge >= 0.3 is 6.03 Å². The molecule has 0 spiro atoms. The summed E-state index contributed by atoms with van der Waals surface area (Å²) in [7, 11) is 3.90. The summed E-state index contributed by atoms with van der Waals surface area (Å²) in [5, 5.41) is 13.3. The van der Waals surface area contributed by atoms with Crippen LogP contribution in [0, 0.1) is 0 Å². The van der Waals surface area contributed by atoms with Crippen molar-refractivity contribution in [3.63, 3.8) is 0 Å². The highest BCUT2D eigenvalue weighted by molar-refractivity contribution is 6.42. The highest BCUT2D eigenvalue weighted by atomic mass is 35.5. The van der Waals surface area contributed by atoms with Crippen LogP contribution in [0.5, 0.6) is 5.75 Å². The van der Waals surface area contributed by atoms with Crippen molar-refractivity contribution >= 4 is 34.9 Å². The predicted octanol–water partition coefficient (Wildman–Crippen LogP) is 4.29. The molecule has 0 aliphatic rings. The van der Waals surface area contributed by atoms with Crippen LogP contribution in [0.1, 0.15) is 5.56 Å². The topological polar surface area (TPSA) is 55.8 Å². The van der Waals surface area contributed by atoms with Crippen LogP contribution >= 0.6 is 23.2 Å². The second-order valence-electron chi connectivity index (χ2n) is 5.95. The minimum absolute atomic E-state index is 0.176. The molecule has 0 atom stereocenters. The zero-order valence-electron chi connectivity index (χ0n) is 14.2. The smallest absolute Gasteiger partial charge is 0.322 e. The molecule has 7 heteroatoms. The Bertz CT molecular complexity index is 738. The molecule has 0 aliphatic carbocycles. The number of nitrogens with one attached hydrogen (secondary N) is 1. The molecule has 0 heterocycles. The van der Waals surface area contributed by atoms with Gasteiger partial charge in [0.25, 0.3) is 0 Å². The van der Waals surface area contributed by atoms with E-state index in [1.807, 2.05) is 25.1 Å². The van der Waals surface area contributed by atoms with Crippen molar-refractivity contribution < 1.29 is 9.90 Å². The molecule has 0 radical (unpaired) electrons. The van der Waals surface area contributed by atoms with Crippen LogP contribution in [0.4, 0.5) is 10.5 Å². The molecular formula is C18H21Cl2N3O2. The quantitative estimate of drug-likeness (QED) is 0.784. The Morgan fingerprint density at radius 2 is 1.84 bits per heavy atom. The van der Waals surface area contributed by atoms with E-state index >= 15 is 0 Å². The molecule has 0 unspecified atom stereocenters. The lowest BCUT2D eigenvalue weighted by atomic mass is 10.2. The van der Waals surface area contributed by atoms with E-state index in [-0.39, 0.29) is 11.8 Å². The number of urea groups is 1. The maximum atomic E-state index is 12.7. The van der Waals surface area contributed by atoms with Gasteiger partial charge in [-0.05, 0) is 50.0 Å². The van der Waals surface area contributed by atoms with E-state index in [4.69, 9.17) is 23.2 Å². The van der Waals surface area contributed by atoms with E-state index in [1.165, 1.54) is 0 Å². The van der Waals surface area contributed by atoms with E-state index in [0.29, 0.717) is 35.4 Å². The van der Waals surface area contributed by atoms with Crippen LogP contribution in [0.25, 0.3) is 0 Å². The van der Waals surface area contributed by atoms with Crippen LogP contribution in [0.15, 0.2) is 42.5 Å². The molecule has 0 aliphatic heterocycles. The van der Waals surface area contributed by atoms with E-state index < -0.39 is 0 Å². The van der Waals surface area contributed by atoms with Gasteiger partial charge in [0.15, 0.2) is 0 Å². The maximum Gasteiger partial charge on any atom is 0.322 e. The first kappa shape index (κ1) is 19.4. The van der Waals surface area contributed by atoms with E-state index in [2.05, 4.69) is 5.32 Å². The largest absolute Gasteiger partial charge is 0.508 e. The highest BCUT2D eigenvalue weighted by Crippen LogP contribution is 2.25. The first-order valence-electron chi connectivity index (χ1n) is 7.79. The number of phenols is 1. The molecule has 2 rings (SSSR count). The van der Waals surface area contributed by atoms with Gasteiger partial charge in [-0.25, -0.2) is 4.79 Å². The Morgan fingerprint density at radius 1 is 1.08 bits per heavy atom. The number of phenolic OH excluding ortho intramolecular Hbond substituents is 1. The summed E-state index contributed by atoms with van der Waals surface area (Å²) < 4.78 is 0. The third-order valence-corrected chi connectivity index (χ3v) is 4.30. The van der Waals surface area contributed by atoms with E-state index in [9.17, 15) is 9.90 Å². The second-order valence-corrected chi connectivity index (χ2v) is 6.77. The van der Waals surface area contributed by atoms with Gasteiger partial charge in [-0.2, -0.15) is 0 Å². The summed E-state index contributed by atoms with van der Waals surface area (Å²) >= 11 is 11.9. The Hall–Kier alpha value is -1.95. The SMILES string of the molecule is CN(C)CCN(Cc1cccc(O)c1)C(=O)Nc1ccc(Cl)c(Cl)c1. The maximum absolute atomic E-state index is 12.7. The molecule has 25 heavy (non-hydrogen) atoms. The molecule has 0 aromatic heterocycles. The zero-order valence-corrected chi connectivity index (χ0v) is 15.7. The van der Waals surface area contributed by atoms with Gasteiger partial charge in [0, 0.05) is 25.3 Å². The van der Waals surface area contributed by atoms with Crippen molar-refractivity contribution in [1.82, 2.24) is 9.80 Å². The van der Waals surface area contributed by atoms with Crippen LogP contribution in [-0.4, -0.2) is 48.1 Å². The molecule has 0 saturated heterocycles. The average Bonchev–Trinajstić information content (AvgIpc) is 2.54. The summed E-state index contributed by atoms with van der Waals surface area (Å²) in [6.07, 6.45) is 0. The van der Waals surface area contributed by atoms with Crippen molar-refractivity contribution in [1.29, 1.82) is 0 Å². The standard InChI is InChI=1S/C18H21Cl2N3O2/c1-22(2)8-9-23(12-13-4-3-5-15(24)10-13)18(25)21-14-6-7-16(19)17(20)11-14/h3-7,10-11,24H,8-9,12H2,1-2H3,(H,21,25). The number of anilines is 1. The highest BCUT2D eigenvalue weighted by Gasteiger charge is 2.15. The number of likely N-dealkylation sites (N-methyl/N-ethyl adjacent to an activating group) is 1. The summed E-state index contributed by atoms with van der Waals surface area (Å²) in [6.45, 7) is 1.64. The number of hydrogen-bond donors (Lipinski definition) is 2. The van der Waals surface area contributed by atoms with Gasteiger partial charge in [-0.3, -0.25) is 0 Å². The number of amides is 2. The van der Waals surface area contributed by atoms with E-state index in [0.717, 1.165) is 5.56 Å². The molecule has 5 nitrogen and oxygen atoms in total. The molecule has 2 amide bonds. The number of carbonyl (C=O) groups excluding carboxylic acids is 1. The van der Waals surface area contributed by atoms with Crippen LogP contribution in [0.3, 0.4) is 0 Å². The number of benzene rings is 2. The summed E-state index contributed by atoms with van der Waals surface area (Å²) in [5.74, 6) is 0.176. The first-order chi connectivity index (χ1) is 11.8. The molecule has 0 bridgehead atoms. The lowest BCUT2D eigenvalue weighted by Gasteiger charge is -2.25. The fourth-order valence-electron chi connectivity index (χ4n) is 2.22. The average molecular weight is 382 g/mol. The summed E-state index contributed by atoms with van der Waals surface area (Å²) in [4.78, 5) is 16.3. The van der Waals surface area contributed by atoms with Gasteiger partial charge < -0.3 is 20.2 Å². The molecular weight excluding hydrogens is 361 g/mol. The monoisotopic (exact) mass is 381 g/mol. The number of hydrogen-bond acceptors (Lipinski definition) is 3. The van der Waals surface area contributed by atoms with Gasteiger partial charge in [0.2, 0.25) is 0 Å². The first-order valence-corrected chi connectivity index (χ1v) is 8.54. The number of rotatable bonds is 6. The number of carbonyl (C=O) groups is 1. The number of aromatic hydroxyl groups is 1. The third kappa shape index (κ3) is 6.12. The Morgan fingerprint density at radius 3 is 2.48 bits per heavy atom. The van der Waals surface area contributed by atoms with Crippen molar-refractivity contribution in [3.8, 4) is 5.75 Å². The predicted molar refractivity (Wildman–Crippen MR) is 103 cm³/mol. The minimum atomic E-state index is -0.247. The van der Waals surface area contributed by atoms with Gasteiger partial charge in [0.05, 0.1) is 10.0 Å². The molecule has 2 N–H and O–H groups in total. The molecule has 134 valence electrons. The zero-order chi connectivity index (χ0) is 18.4. The normalized spacial score (nSPS) is 10.8. The molecule has 0 fully saturated rings. The lowest BCUT2D eigenvalue weighted by molar-refractivity contribution is 0.202. The second kappa shape index (κ2) is 8.94. The number of nitrogens with zero attached hydrogens (tertiary/aromatic N) is 2. The van der Waals surface area contributed by atoms with E-state index in [1.54, 1.807) is 41.3 Å². The Balaban J connectivity index is 2.12. The van der Waals surface area contributed by atoms with Crippen molar-refractivity contribution in [2.24, 2.45) is 0 Å².